The Hall–Kier alpha value is -0.160. The maximum atomic E-state index is 9.82. The van der Waals surface area contributed by atoms with Gasteiger partial charge in [0.1, 0.15) is 0 Å². The zero-order valence-corrected chi connectivity index (χ0v) is 11.8. The van der Waals surface area contributed by atoms with Crippen LogP contribution in [0.15, 0.2) is 0 Å². The molecule has 4 heteroatoms. The first-order valence-corrected chi connectivity index (χ1v) is 7.29. The van der Waals surface area contributed by atoms with Crippen LogP contribution in [-0.4, -0.2) is 48.2 Å². The third-order valence-corrected chi connectivity index (χ3v) is 3.77. The molecule has 108 valence electrons. The molecule has 1 aliphatic carbocycles. The summed E-state index contributed by atoms with van der Waals surface area (Å²) in [5, 5.41) is 22.0. The minimum absolute atomic E-state index is 0.0781. The lowest BCUT2D eigenvalue weighted by Gasteiger charge is -2.28. The Morgan fingerprint density at radius 1 is 1.39 bits per heavy atom. The van der Waals surface area contributed by atoms with Crippen LogP contribution in [0.25, 0.3) is 0 Å². The Bertz CT molecular complexity index is 209. The highest BCUT2D eigenvalue weighted by atomic mass is 16.5. The van der Waals surface area contributed by atoms with Crippen molar-refractivity contribution in [2.75, 3.05) is 19.8 Å². The first kappa shape index (κ1) is 15.9. The molecule has 0 radical (unpaired) electrons. The van der Waals surface area contributed by atoms with E-state index in [0.29, 0.717) is 19.3 Å². The molecule has 0 spiro atoms. The molecule has 0 aromatic carbocycles. The van der Waals surface area contributed by atoms with Gasteiger partial charge in [0.25, 0.3) is 0 Å². The van der Waals surface area contributed by atoms with Crippen LogP contribution >= 0.6 is 0 Å². The predicted octanol–water partition coefficient (Wildman–Crippen LogP) is 1.30. The number of rotatable bonds is 8. The van der Waals surface area contributed by atoms with E-state index in [1.807, 2.05) is 6.92 Å². The topological polar surface area (TPSA) is 61.7 Å². The molecule has 0 heterocycles. The van der Waals surface area contributed by atoms with Gasteiger partial charge < -0.3 is 20.3 Å². The van der Waals surface area contributed by atoms with Crippen LogP contribution in [0.1, 0.15) is 46.0 Å². The van der Waals surface area contributed by atoms with E-state index in [1.54, 1.807) is 0 Å². The number of hydrogen-bond acceptors (Lipinski definition) is 4. The van der Waals surface area contributed by atoms with Crippen molar-refractivity contribution >= 4 is 0 Å². The molecule has 1 rings (SSSR count). The first-order valence-electron chi connectivity index (χ1n) is 7.29. The maximum absolute atomic E-state index is 9.82. The largest absolute Gasteiger partial charge is 0.395 e. The monoisotopic (exact) mass is 259 g/mol. The van der Waals surface area contributed by atoms with Gasteiger partial charge in [-0.15, -0.1) is 0 Å². The highest BCUT2D eigenvalue weighted by Gasteiger charge is 2.20. The number of aliphatic hydroxyl groups excluding tert-OH is 2. The van der Waals surface area contributed by atoms with Crippen LogP contribution < -0.4 is 5.32 Å². The second-order valence-electron chi connectivity index (χ2n) is 5.58. The highest BCUT2D eigenvalue weighted by Crippen LogP contribution is 2.25. The van der Waals surface area contributed by atoms with Gasteiger partial charge >= 0.3 is 0 Å². The van der Waals surface area contributed by atoms with Crippen LogP contribution in [0.5, 0.6) is 0 Å². The van der Waals surface area contributed by atoms with Gasteiger partial charge in [-0.3, -0.25) is 0 Å². The zero-order valence-electron chi connectivity index (χ0n) is 11.8. The van der Waals surface area contributed by atoms with Gasteiger partial charge in [0.05, 0.1) is 25.4 Å². The lowest BCUT2D eigenvalue weighted by atomic mass is 9.89. The van der Waals surface area contributed by atoms with Crippen molar-refractivity contribution in [2.24, 2.45) is 5.92 Å². The lowest BCUT2D eigenvalue weighted by molar-refractivity contribution is -0.0315. The van der Waals surface area contributed by atoms with E-state index >= 15 is 0 Å². The number of hydrogen-bond donors (Lipinski definition) is 3. The molecule has 0 bridgehead atoms. The number of aliphatic hydroxyl groups is 2. The minimum Gasteiger partial charge on any atom is -0.395 e. The summed E-state index contributed by atoms with van der Waals surface area (Å²) in [6, 6.07) is 0.0781. The summed E-state index contributed by atoms with van der Waals surface area (Å²) < 4.78 is 5.76. The van der Waals surface area contributed by atoms with Crippen LogP contribution in [0.3, 0.4) is 0 Å². The van der Waals surface area contributed by atoms with E-state index in [0.717, 1.165) is 25.2 Å². The molecule has 3 N–H and O–H groups in total. The maximum Gasteiger partial charge on any atom is 0.0897 e. The van der Waals surface area contributed by atoms with E-state index in [2.05, 4.69) is 12.2 Å². The summed E-state index contributed by atoms with van der Waals surface area (Å²) in [5.74, 6) is 0.748. The molecule has 0 saturated heterocycles. The average molecular weight is 259 g/mol. The van der Waals surface area contributed by atoms with Gasteiger partial charge in [-0.2, -0.15) is 0 Å². The van der Waals surface area contributed by atoms with Crippen molar-refractivity contribution in [3.63, 3.8) is 0 Å². The Balaban J connectivity index is 2.10. The van der Waals surface area contributed by atoms with Crippen LogP contribution in [0, 0.1) is 5.92 Å². The molecule has 1 aliphatic rings. The van der Waals surface area contributed by atoms with Crippen LogP contribution in [0.4, 0.5) is 0 Å². The Kier molecular flexibility index (Phi) is 7.82. The molecule has 1 saturated carbocycles. The van der Waals surface area contributed by atoms with E-state index < -0.39 is 6.10 Å². The standard InChI is InChI=1S/C14H29NO3/c1-3-12(9-16)15-8-13(17)10-18-14-6-4-5-11(2)7-14/h11-17H,3-10H2,1-2H3. The number of nitrogens with one attached hydrogen (secondary N) is 1. The molecule has 4 nitrogen and oxygen atoms in total. The van der Waals surface area contributed by atoms with Crippen molar-refractivity contribution in [1.29, 1.82) is 0 Å². The molecule has 0 aromatic rings. The predicted molar refractivity (Wildman–Crippen MR) is 72.5 cm³/mol. The van der Waals surface area contributed by atoms with Crippen molar-refractivity contribution in [2.45, 2.75) is 64.2 Å². The van der Waals surface area contributed by atoms with Crippen LogP contribution in [0.2, 0.25) is 0 Å². The van der Waals surface area contributed by atoms with Gasteiger partial charge in [0, 0.05) is 12.6 Å². The van der Waals surface area contributed by atoms with Crippen molar-refractivity contribution < 1.29 is 14.9 Å². The first-order chi connectivity index (χ1) is 8.65. The number of ether oxygens (including phenoxy) is 1. The Labute approximate surface area is 111 Å². The Morgan fingerprint density at radius 2 is 2.17 bits per heavy atom. The molecular weight excluding hydrogens is 230 g/mol. The van der Waals surface area contributed by atoms with Crippen molar-refractivity contribution in [3.05, 3.63) is 0 Å². The van der Waals surface area contributed by atoms with Crippen molar-refractivity contribution in [1.82, 2.24) is 5.32 Å². The quantitative estimate of drug-likeness (QED) is 0.615. The molecule has 0 amide bonds. The summed E-state index contributed by atoms with van der Waals surface area (Å²) >= 11 is 0. The fourth-order valence-electron chi connectivity index (χ4n) is 2.48. The molecule has 0 aromatic heterocycles. The van der Waals surface area contributed by atoms with Gasteiger partial charge in [-0.1, -0.05) is 26.7 Å². The summed E-state index contributed by atoms with van der Waals surface area (Å²) in [7, 11) is 0. The fraction of sp³-hybridized carbons (Fsp3) is 1.00. The second kappa shape index (κ2) is 8.86. The second-order valence-corrected chi connectivity index (χ2v) is 5.58. The third kappa shape index (κ3) is 6.14. The third-order valence-electron chi connectivity index (χ3n) is 3.77. The summed E-state index contributed by atoms with van der Waals surface area (Å²) in [4.78, 5) is 0. The summed E-state index contributed by atoms with van der Waals surface area (Å²) in [5.41, 5.74) is 0. The molecule has 18 heavy (non-hydrogen) atoms. The van der Waals surface area contributed by atoms with E-state index in [9.17, 15) is 5.11 Å². The van der Waals surface area contributed by atoms with Gasteiger partial charge in [0.2, 0.25) is 0 Å². The molecular formula is C14H29NO3. The van der Waals surface area contributed by atoms with Gasteiger partial charge in [-0.25, -0.2) is 0 Å². The normalized spacial score (nSPS) is 28.0. The molecule has 4 unspecified atom stereocenters. The SMILES string of the molecule is CCC(CO)NCC(O)COC1CCCC(C)C1. The minimum atomic E-state index is -0.483. The summed E-state index contributed by atoms with van der Waals surface area (Å²) in [6.07, 6.45) is 5.49. The summed E-state index contributed by atoms with van der Waals surface area (Å²) in [6.45, 7) is 5.28. The molecule has 4 atom stereocenters. The van der Waals surface area contributed by atoms with E-state index in [-0.39, 0.29) is 12.6 Å². The van der Waals surface area contributed by atoms with Gasteiger partial charge in [0.15, 0.2) is 0 Å². The Morgan fingerprint density at radius 3 is 2.78 bits per heavy atom. The van der Waals surface area contributed by atoms with E-state index in [1.165, 1.54) is 12.8 Å². The van der Waals surface area contributed by atoms with Crippen LogP contribution in [-0.2, 0) is 4.74 Å². The van der Waals surface area contributed by atoms with Crippen molar-refractivity contribution in [3.8, 4) is 0 Å². The smallest absolute Gasteiger partial charge is 0.0897 e. The zero-order chi connectivity index (χ0) is 13.4. The van der Waals surface area contributed by atoms with Gasteiger partial charge in [-0.05, 0) is 25.2 Å². The average Bonchev–Trinajstić information content (AvgIpc) is 2.37. The highest BCUT2D eigenvalue weighted by molar-refractivity contribution is 4.72. The molecule has 0 aliphatic heterocycles. The molecule has 1 fully saturated rings. The fourth-order valence-corrected chi connectivity index (χ4v) is 2.48. The van der Waals surface area contributed by atoms with E-state index in [4.69, 9.17) is 9.84 Å². The lowest BCUT2D eigenvalue weighted by Crippen LogP contribution is -2.39.